The number of carbonyl (C=O) groups is 1. The number of nitrogens with zero attached hydrogens (tertiary/aromatic N) is 1. The Morgan fingerprint density at radius 1 is 1.17 bits per heavy atom. The van der Waals surface area contributed by atoms with Gasteiger partial charge in [-0.3, -0.25) is 4.79 Å². The van der Waals surface area contributed by atoms with Gasteiger partial charge in [0.05, 0.1) is 6.20 Å². The zero-order valence-corrected chi connectivity index (χ0v) is 14.5. The van der Waals surface area contributed by atoms with Gasteiger partial charge < -0.3 is 14.5 Å². The molecule has 0 aliphatic heterocycles. The number of hydrogen-bond donors (Lipinski definition) is 1. The summed E-state index contributed by atoms with van der Waals surface area (Å²) in [5.41, 5.74) is 1.58. The van der Waals surface area contributed by atoms with E-state index in [0.717, 1.165) is 10.0 Å². The second-order valence-electron chi connectivity index (χ2n) is 5.15. The van der Waals surface area contributed by atoms with Crippen LogP contribution in [0.4, 0.5) is 5.69 Å². The van der Waals surface area contributed by atoms with Crippen molar-refractivity contribution in [3.8, 4) is 17.1 Å². The molecule has 1 unspecified atom stereocenters. The number of rotatable bonds is 5. The van der Waals surface area contributed by atoms with Gasteiger partial charge in [-0.2, -0.15) is 0 Å². The highest BCUT2D eigenvalue weighted by atomic mass is 79.9. The zero-order valence-electron chi connectivity index (χ0n) is 12.9. The molecule has 2 aromatic carbocycles. The van der Waals surface area contributed by atoms with Crippen LogP contribution in [0.3, 0.4) is 0 Å². The van der Waals surface area contributed by atoms with Gasteiger partial charge in [-0.15, -0.1) is 0 Å². The number of anilines is 1. The molecule has 0 bridgehead atoms. The van der Waals surface area contributed by atoms with E-state index in [1.807, 2.05) is 36.4 Å². The molecule has 0 saturated heterocycles. The third-order valence-corrected chi connectivity index (χ3v) is 3.89. The molecule has 0 fully saturated rings. The van der Waals surface area contributed by atoms with Gasteiger partial charge in [-0.05, 0) is 55.5 Å². The van der Waals surface area contributed by atoms with Crippen molar-refractivity contribution in [3.63, 3.8) is 0 Å². The van der Waals surface area contributed by atoms with Crippen LogP contribution in [0.1, 0.15) is 6.92 Å². The summed E-state index contributed by atoms with van der Waals surface area (Å²) in [5.74, 6) is 1.10. The van der Waals surface area contributed by atoms with Crippen LogP contribution in [0.2, 0.25) is 0 Å². The van der Waals surface area contributed by atoms with Crippen molar-refractivity contribution >= 4 is 27.5 Å². The van der Waals surface area contributed by atoms with Crippen LogP contribution >= 0.6 is 15.9 Å². The summed E-state index contributed by atoms with van der Waals surface area (Å²) < 4.78 is 11.8. The maximum Gasteiger partial charge on any atom is 0.265 e. The fourth-order valence-corrected chi connectivity index (χ4v) is 2.36. The molecule has 0 aliphatic rings. The monoisotopic (exact) mass is 386 g/mol. The minimum absolute atomic E-state index is 0.217. The fraction of sp³-hybridized carbons (Fsp3) is 0.111. The van der Waals surface area contributed by atoms with E-state index < -0.39 is 6.10 Å². The van der Waals surface area contributed by atoms with Crippen molar-refractivity contribution in [1.29, 1.82) is 0 Å². The summed E-state index contributed by atoms with van der Waals surface area (Å²) in [4.78, 5) is 16.1. The predicted molar refractivity (Wildman–Crippen MR) is 94.8 cm³/mol. The number of ether oxygens (including phenoxy) is 1. The van der Waals surface area contributed by atoms with Crippen molar-refractivity contribution in [3.05, 3.63) is 65.6 Å². The predicted octanol–water partition coefficient (Wildman–Crippen LogP) is 4.51. The Kier molecular flexibility index (Phi) is 4.96. The van der Waals surface area contributed by atoms with E-state index in [0.29, 0.717) is 17.2 Å². The first-order valence-corrected chi connectivity index (χ1v) is 8.13. The van der Waals surface area contributed by atoms with Gasteiger partial charge in [-0.1, -0.05) is 15.9 Å². The highest BCUT2D eigenvalue weighted by Crippen LogP contribution is 2.21. The highest BCUT2D eigenvalue weighted by molar-refractivity contribution is 9.10. The van der Waals surface area contributed by atoms with Gasteiger partial charge in [0.2, 0.25) is 0 Å². The van der Waals surface area contributed by atoms with Crippen LogP contribution in [0, 0.1) is 0 Å². The van der Waals surface area contributed by atoms with E-state index >= 15 is 0 Å². The van der Waals surface area contributed by atoms with Crippen LogP contribution in [-0.4, -0.2) is 17.0 Å². The average Bonchev–Trinajstić information content (AvgIpc) is 3.12. The van der Waals surface area contributed by atoms with Crippen LogP contribution in [0.5, 0.6) is 5.75 Å². The molecule has 1 heterocycles. The van der Waals surface area contributed by atoms with Crippen molar-refractivity contribution < 1.29 is 13.9 Å². The Morgan fingerprint density at radius 3 is 2.50 bits per heavy atom. The topological polar surface area (TPSA) is 64.4 Å². The zero-order chi connectivity index (χ0) is 16.9. The van der Waals surface area contributed by atoms with E-state index in [9.17, 15) is 4.79 Å². The van der Waals surface area contributed by atoms with E-state index in [4.69, 9.17) is 9.15 Å². The quantitative estimate of drug-likeness (QED) is 0.700. The summed E-state index contributed by atoms with van der Waals surface area (Å²) in [6, 6.07) is 14.7. The molecule has 3 rings (SSSR count). The van der Waals surface area contributed by atoms with E-state index in [2.05, 4.69) is 26.2 Å². The molecule has 1 atom stereocenters. The number of benzene rings is 2. The Balaban J connectivity index is 1.60. The van der Waals surface area contributed by atoms with Gasteiger partial charge in [0, 0.05) is 15.7 Å². The lowest BCUT2D eigenvalue weighted by atomic mass is 10.1. The molecule has 1 amide bonds. The molecule has 0 spiro atoms. The Hall–Kier alpha value is -2.60. The lowest BCUT2D eigenvalue weighted by Crippen LogP contribution is -2.30. The molecule has 1 N–H and O–H groups in total. The van der Waals surface area contributed by atoms with Crippen molar-refractivity contribution in [2.45, 2.75) is 13.0 Å². The molecule has 122 valence electrons. The lowest BCUT2D eigenvalue weighted by molar-refractivity contribution is -0.122. The molecule has 0 aliphatic carbocycles. The van der Waals surface area contributed by atoms with Gasteiger partial charge in [0.15, 0.2) is 18.3 Å². The first-order chi connectivity index (χ1) is 11.6. The number of hydrogen-bond acceptors (Lipinski definition) is 4. The Morgan fingerprint density at radius 2 is 1.88 bits per heavy atom. The molecule has 24 heavy (non-hydrogen) atoms. The van der Waals surface area contributed by atoms with Crippen LogP contribution in [0.15, 0.2) is 70.0 Å². The Bertz CT molecular complexity index is 799. The van der Waals surface area contributed by atoms with Gasteiger partial charge >= 0.3 is 0 Å². The highest BCUT2D eigenvalue weighted by Gasteiger charge is 2.15. The van der Waals surface area contributed by atoms with Crippen molar-refractivity contribution in [1.82, 2.24) is 4.98 Å². The largest absolute Gasteiger partial charge is 0.481 e. The standard InChI is InChI=1S/C18H15BrN2O3/c1-12(24-16-8-4-14(19)5-9-16)18(22)21-15-6-2-13(3-7-15)17-10-20-11-23-17/h2-12H,1H3,(H,21,22). The smallest absolute Gasteiger partial charge is 0.265 e. The molecular formula is C18H15BrN2O3. The Labute approximate surface area is 147 Å². The summed E-state index contributed by atoms with van der Waals surface area (Å²) in [6.45, 7) is 1.71. The normalized spacial score (nSPS) is 11.8. The number of carbonyl (C=O) groups excluding carboxylic acids is 1. The average molecular weight is 387 g/mol. The third-order valence-electron chi connectivity index (χ3n) is 3.36. The first-order valence-electron chi connectivity index (χ1n) is 7.34. The minimum Gasteiger partial charge on any atom is -0.481 e. The molecule has 0 saturated carbocycles. The van der Waals surface area contributed by atoms with Crippen LogP contribution in [-0.2, 0) is 4.79 Å². The number of halogens is 1. The summed E-state index contributed by atoms with van der Waals surface area (Å²) in [7, 11) is 0. The van der Waals surface area contributed by atoms with Gasteiger partial charge in [-0.25, -0.2) is 4.98 Å². The summed E-state index contributed by atoms with van der Waals surface area (Å²) in [5, 5.41) is 2.83. The molecule has 6 heteroatoms. The fourth-order valence-electron chi connectivity index (χ4n) is 2.09. The van der Waals surface area contributed by atoms with E-state index in [1.54, 1.807) is 25.3 Å². The van der Waals surface area contributed by atoms with Gasteiger partial charge in [0.1, 0.15) is 5.75 Å². The molecular weight excluding hydrogens is 372 g/mol. The first kappa shape index (κ1) is 16.3. The van der Waals surface area contributed by atoms with E-state index in [1.165, 1.54) is 6.39 Å². The minimum atomic E-state index is -0.611. The van der Waals surface area contributed by atoms with Gasteiger partial charge in [0.25, 0.3) is 5.91 Å². The van der Waals surface area contributed by atoms with Crippen molar-refractivity contribution in [2.24, 2.45) is 0 Å². The maximum absolute atomic E-state index is 12.2. The van der Waals surface area contributed by atoms with E-state index in [-0.39, 0.29) is 5.91 Å². The SMILES string of the molecule is CC(Oc1ccc(Br)cc1)C(=O)Nc1ccc(-c2cnco2)cc1. The second kappa shape index (κ2) is 7.31. The molecule has 5 nitrogen and oxygen atoms in total. The maximum atomic E-state index is 12.2. The summed E-state index contributed by atoms with van der Waals surface area (Å²) >= 11 is 3.36. The number of oxazole rings is 1. The third kappa shape index (κ3) is 4.02. The summed E-state index contributed by atoms with van der Waals surface area (Å²) in [6.07, 6.45) is 2.41. The lowest BCUT2D eigenvalue weighted by Gasteiger charge is -2.15. The molecule has 1 aromatic heterocycles. The number of nitrogens with one attached hydrogen (secondary N) is 1. The number of aromatic nitrogens is 1. The van der Waals surface area contributed by atoms with Crippen LogP contribution in [0.25, 0.3) is 11.3 Å². The molecule has 3 aromatic rings. The number of amides is 1. The van der Waals surface area contributed by atoms with Crippen molar-refractivity contribution in [2.75, 3.05) is 5.32 Å². The second-order valence-corrected chi connectivity index (χ2v) is 6.06. The molecule has 0 radical (unpaired) electrons. The van der Waals surface area contributed by atoms with Crippen LogP contribution < -0.4 is 10.1 Å².